The lowest BCUT2D eigenvalue weighted by Crippen LogP contribution is -2.21. The number of halogens is 2. The highest BCUT2D eigenvalue weighted by Gasteiger charge is 2.22. The number of Topliss-reactive ketones (excluding diaryl/α,β-unsaturated/α-hetero) is 1. The van der Waals surface area contributed by atoms with E-state index >= 15 is 0 Å². The van der Waals surface area contributed by atoms with Crippen molar-refractivity contribution in [1.82, 2.24) is 0 Å². The van der Waals surface area contributed by atoms with Crippen LogP contribution >= 0.6 is 11.6 Å². The van der Waals surface area contributed by atoms with Crippen LogP contribution in [0.25, 0.3) is 0 Å². The standard InChI is InChI=1S/C11H12ClFO3/c1-6(14)8-3-2-7(13)4-9(8)11(16)10(15)5-12/h2-4,10-11,15-16H,5H2,1H3. The molecule has 1 aromatic carbocycles. The maximum absolute atomic E-state index is 13.0. The van der Waals surface area contributed by atoms with E-state index in [0.29, 0.717) is 0 Å². The zero-order valence-electron chi connectivity index (χ0n) is 8.65. The summed E-state index contributed by atoms with van der Waals surface area (Å²) in [5.41, 5.74) is 0.235. The number of carbonyl (C=O) groups excluding carboxylic acids is 1. The molecule has 3 nitrogen and oxygen atoms in total. The molecule has 2 unspecified atom stereocenters. The topological polar surface area (TPSA) is 57.5 Å². The number of aliphatic hydroxyl groups is 2. The summed E-state index contributed by atoms with van der Waals surface area (Å²) in [5.74, 6) is -1.09. The Kier molecular flexibility index (Phi) is 4.41. The number of hydrogen-bond donors (Lipinski definition) is 2. The maximum atomic E-state index is 13.0. The van der Waals surface area contributed by atoms with Crippen molar-refractivity contribution in [2.45, 2.75) is 19.1 Å². The first-order valence-corrected chi connectivity index (χ1v) is 5.23. The largest absolute Gasteiger partial charge is 0.389 e. The van der Waals surface area contributed by atoms with Crippen LogP contribution in [0.1, 0.15) is 28.9 Å². The summed E-state index contributed by atoms with van der Waals surface area (Å²) in [5, 5.41) is 19.1. The third-order valence-electron chi connectivity index (χ3n) is 2.23. The van der Waals surface area contributed by atoms with Gasteiger partial charge in [0.15, 0.2) is 5.78 Å². The van der Waals surface area contributed by atoms with Gasteiger partial charge in [-0.3, -0.25) is 4.79 Å². The van der Waals surface area contributed by atoms with Crippen LogP contribution in [-0.2, 0) is 0 Å². The van der Waals surface area contributed by atoms with Gasteiger partial charge >= 0.3 is 0 Å². The zero-order chi connectivity index (χ0) is 12.3. The fourth-order valence-corrected chi connectivity index (χ4v) is 1.56. The van der Waals surface area contributed by atoms with Gasteiger partial charge in [0.25, 0.3) is 0 Å². The average Bonchev–Trinajstić information content (AvgIpc) is 2.26. The number of alkyl halides is 1. The molecule has 1 aromatic rings. The monoisotopic (exact) mass is 246 g/mol. The second kappa shape index (κ2) is 5.39. The maximum Gasteiger partial charge on any atom is 0.160 e. The third-order valence-corrected chi connectivity index (χ3v) is 2.55. The third kappa shape index (κ3) is 2.78. The van der Waals surface area contributed by atoms with Crippen LogP contribution in [0.15, 0.2) is 18.2 Å². The average molecular weight is 247 g/mol. The van der Waals surface area contributed by atoms with Gasteiger partial charge in [-0.2, -0.15) is 0 Å². The van der Waals surface area contributed by atoms with Crippen LogP contribution < -0.4 is 0 Å². The molecule has 0 spiro atoms. The zero-order valence-corrected chi connectivity index (χ0v) is 9.41. The van der Waals surface area contributed by atoms with Crippen molar-refractivity contribution in [1.29, 1.82) is 0 Å². The second-order valence-electron chi connectivity index (χ2n) is 3.45. The lowest BCUT2D eigenvalue weighted by atomic mass is 9.97. The van der Waals surface area contributed by atoms with Crippen molar-refractivity contribution in [3.8, 4) is 0 Å². The molecule has 0 aromatic heterocycles. The molecule has 0 bridgehead atoms. The summed E-state index contributed by atoms with van der Waals surface area (Å²) in [6, 6.07) is 3.42. The van der Waals surface area contributed by atoms with Crippen LogP contribution in [0.2, 0.25) is 0 Å². The van der Waals surface area contributed by atoms with Crippen molar-refractivity contribution in [2.75, 3.05) is 5.88 Å². The number of ketones is 1. The van der Waals surface area contributed by atoms with Crippen molar-refractivity contribution in [3.63, 3.8) is 0 Å². The Labute approximate surface area is 97.5 Å². The minimum Gasteiger partial charge on any atom is -0.389 e. The van der Waals surface area contributed by atoms with Crippen LogP contribution in [-0.4, -0.2) is 28.0 Å². The summed E-state index contributed by atoms with van der Waals surface area (Å²) < 4.78 is 13.0. The highest BCUT2D eigenvalue weighted by atomic mass is 35.5. The summed E-state index contributed by atoms with van der Waals surface area (Å²) in [6.45, 7) is 1.30. The predicted molar refractivity (Wildman–Crippen MR) is 58.1 cm³/mol. The van der Waals surface area contributed by atoms with E-state index in [4.69, 9.17) is 11.6 Å². The molecule has 0 aliphatic carbocycles. The van der Waals surface area contributed by atoms with E-state index in [2.05, 4.69) is 0 Å². The van der Waals surface area contributed by atoms with E-state index < -0.39 is 18.0 Å². The van der Waals surface area contributed by atoms with Gasteiger partial charge in [0.05, 0.1) is 12.0 Å². The number of benzene rings is 1. The number of rotatable bonds is 4. The SMILES string of the molecule is CC(=O)c1ccc(F)cc1C(O)C(O)CCl. The van der Waals surface area contributed by atoms with Crippen molar-refractivity contribution in [3.05, 3.63) is 35.1 Å². The van der Waals surface area contributed by atoms with Crippen molar-refractivity contribution >= 4 is 17.4 Å². The molecule has 0 saturated carbocycles. The van der Waals surface area contributed by atoms with Crippen molar-refractivity contribution < 1.29 is 19.4 Å². The second-order valence-corrected chi connectivity index (χ2v) is 3.76. The fraction of sp³-hybridized carbons (Fsp3) is 0.364. The minimum absolute atomic E-state index is 0.0562. The summed E-state index contributed by atoms with van der Waals surface area (Å²) in [4.78, 5) is 11.2. The molecule has 88 valence electrons. The lowest BCUT2D eigenvalue weighted by molar-refractivity contribution is 0.0320. The first kappa shape index (κ1) is 13.1. The Morgan fingerprint density at radius 2 is 2.12 bits per heavy atom. The molecule has 0 fully saturated rings. The highest BCUT2D eigenvalue weighted by Crippen LogP contribution is 2.23. The van der Waals surface area contributed by atoms with E-state index in [1.807, 2.05) is 0 Å². The van der Waals surface area contributed by atoms with E-state index in [1.54, 1.807) is 0 Å². The van der Waals surface area contributed by atoms with Gasteiger partial charge in [0, 0.05) is 5.56 Å². The van der Waals surface area contributed by atoms with Crippen LogP contribution in [0.4, 0.5) is 4.39 Å². The molecule has 16 heavy (non-hydrogen) atoms. The molecule has 1 rings (SSSR count). The van der Waals surface area contributed by atoms with Gasteiger partial charge in [0.1, 0.15) is 11.9 Å². The molecule has 2 atom stereocenters. The van der Waals surface area contributed by atoms with Gasteiger partial charge in [-0.1, -0.05) is 0 Å². The van der Waals surface area contributed by atoms with Gasteiger partial charge in [-0.25, -0.2) is 4.39 Å². The summed E-state index contributed by atoms with van der Waals surface area (Å²) in [7, 11) is 0. The van der Waals surface area contributed by atoms with E-state index in [9.17, 15) is 19.4 Å². The first-order valence-electron chi connectivity index (χ1n) is 4.70. The molecule has 0 radical (unpaired) electrons. The Balaban J connectivity index is 3.19. The van der Waals surface area contributed by atoms with E-state index in [1.165, 1.54) is 13.0 Å². The molecule has 0 saturated heterocycles. The van der Waals surface area contributed by atoms with Crippen LogP contribution in [0, 0.1) is 5.82 Å². The van der Waals surface area contributed by atoms with Gasteiger partial charge < -0.3 is 10.2 Å². The summed E-state index contributed by atoms with van der Waals surface area (Å²) in [6.07, 6.45) is -2.60. The first-order chi connectivity index (χ1) is 7.47. The Morgan fingerprint density at radius 1 is 1.50 bits per heavy atom. The van der Waals surface area contributed by atoms with Crippen LogP contribution in [0.5, 0.6) is 0 Å². The molecule has 0 aliphatic heterocycles. The Morgan fingerprint density at radius 3 is 2.62 bits per heavy atom. The smallest absolute Gasteiger partial charge is 0.160 e. The number of carbonyl (C=O) groups is 1. The molecule has 0 amide bonds. The molecule has 0 heterocycles. The fourth-order valence-electron chi connectivity index (χ4n) is 1.39. The van der Waals surface area contributed by atoms with Crippen molar-refractivity contribution in [2.24, 2.45) is 0 Å². The molecule has 5 heteroatoms. The lowest BCUT2D eigenvalue weighted by Gasteiger charge is -2.18. The Bertz CT molecular complexity index is 395. The van der Waals surface area contributed by atoms with E-state index in [0.717, 1.165) is 12.1 Å². The normalized spacial score (nSPS) is 14.6. The minimum atomic E-state index is -1.37. The Hall–Kier alpha value is -0.970. The van der Waals surface area contributed by atoms with Gasteiger partial charge in [-0.15, -0.1) is 11.6 Å². The molecule has 0 aliphatic rings. The highest BCUT2D eigenvalue weighted by molar-refractivity contribution is 6.18. The quantitative estimate of drug-likeness (QED) is 0.628. The molecule has 2 N–H and O–H groups in total. The van der Waals surface area contributed by atoms with Crippen LogP contribution in [0.3, 0.4) is 0 Å². The summed E-state index contributed by atoms with van der Waals surface area (Å²) >= 11 is 5.38. The molecular weight excluding hydrogens is 235 g/mol. The number of hydrogen-bond acceptors (Lipinski definition) is 3. The predicted octanol–water partition coefficient (Wildman–Crippen LogP) is 1.66. The van der Waals surface area contributed by atoms with Gasteiger partial charge in [-0.05, 0) is 30.7 Å². The van der Waals surface area contributed by atoms with Gasteiger partial charge in [0.2, 0.25) is 0 Å². The number of aliphatic hydroxyl groups excluding tert-OH is 2. The van der Waals surface area contributed by atoms with E-state index in [-0.39, 0.29) is 22.8 Å². The molecular formula is C11H12ClFO3.